The topological polar surface area (TPSA) is 159 Å². The van der Waals surface area contributed by atoms with E-state index in [4.69, 9.17) is 5.11 Å². The quantitative estimate of drug-likeness (QED) is 0.416. The number of methoxy groups -OCH3 is 1. The Labute approximate surface area is 109 Å². The van der Waals surface area contributed by atoms with Crippen LogP contribution >= 0.6 is 0 Å². The van der Waals surface area contributed by atoms with Crippen LogP contribution in [0.15, 0.2) is 23.7 Å². The van der Waals surface area contributed by atoms with E-state index in [-0.39, 0.29) is 6.08 Å². The summed E-state index contributed by atoms with van der Waals surface area (Å²) in [6.07, 6.45) is -1.02. The fourth-order valence-corrected chi connectivity index (χ4v) is 1.72. The molecule has 0 aromatic carbocycles. The van der Waals surface area contributed by atoms with Crippen LogP contribution in [0.2, 0.25) is 0 Å². The van der Waals surface area contributed by atoms with Crippen LogP contribution in [0.25, 0.3) is 0 Å². The maximum absolute atomic E-state index is 13.3. The molecule has 0 aliphatic heterocycles. The van der Waals surface area contributed by atoms with E-state index < -0.39 is 44.2 Å². The molecule has 1 N–H and O–H groups in total. The van der Waals surface area contributed by atoms with Crippen molar-refractivity contribution >= 4 is 0 Å². The summed E-state index contributed by atoms with van der Waals surface area (Å²) >= 11 is 0. The molecule has 0 aromatic heterocycles. The van der Waals surface area contributed by atoms with Crippen LogP contribution in [0.4, 0.5) is 4.39 Å². The van der Waals surface area contributed by atoms with Gasteiger partial charge in [-0.1, -0.05) is 0 Å². The van der Waals surface area contributed by atoms with Gasteiger partial charge in [-0.3, -0.25) is 30.3 Å². The van der Waals surface area contributed by atoms with E-state index in [0.717, 1.165) is 7.11 Å². The number of nitro groups is 3. The Kier molecular flexibility index (Phi) is 3.98. The van der Waals surface area contributed by atoms with Gasteiger partial charge in [0, 0.05) is 0 Å². The molecule has 12 heteroatoms. The number of hydrogen-bond acceptors (Lipinski definition) is 8. The zero-order valence-corrected chi connectivity index (χ0v) is 9.83. The molecular weight excluding hydrogens is 285 g/mol. The first-order valence-electron chi connectivity index (χ1n) is 4.94. The highest BCUT2D eigenvalue weighted by molar-refractivity contribution is 5.24. The molecule has 0 aromatic rings. The van der Waals surface area contributed by atoms with E-state index in [1.165, 1.54) is 0 Å². The average molecular weight is 293 g/mol. The third-order valence-electron chi connectivity index (χ3n) is 2.70. The van der Waals surface area contributed by atoms with Crippen LogP contribution < -0.4 is 0 Å². The standard InChI is InChI=1S/C8H8FN3O8/c1-20-7-3-6(13)5(9)2-4(7)8(10(14)15,11(16)17)12(18)19/h2-4,6,13H,1H3. The Hall–Kier alpha value is -2.63. The lowest BCUT2D eigenvalue weighted by molar-refractivity contribution is -0.975. The number of hydrogen-bond donors (Lipinski definition) is 1. The monoisotopic (exact) mass is 293 g/mol. The Balaban J connectivity index is 3.56. The van der Waals surface area contributed by atoms with Gasteiger partial charge in [0.15, 0.2) is 14.8 Å². The number of halogens is 1. The Bertz CT molecular complexity index is 494. The first-order valence-corrected chi connectivity index (χ1v) is 4.94. The van der Waals surface area contributed by atoms with Crippen molar-refractivity contribution in [2.45, 2.75) is 11.9 Å². The maximum Gasteiger partial charge on any atom is 0.713 e. The molecule has 0 spiro atoms. The number of nitrogens with zero attached hydrogens (tertiary/aromatic N) is 3. The third-order valence-corrected chi connectivity index (χ3v) is 2.70. The Morgan fingerprint density at radius 3 is 2.00 bits per heavy atom. The Morgan fingerprint density at radius 2 is 1.65 bits per heavy atom. The van der Waals surface area contributed by atoms with Crippen LogP contribution in [-0.2, 0) is 4.74 Å². The molecule has 110 valence electrons. The molecule has 0 saturated heterocycles. The summed E-state index contributed by atoms with van der Waals surface area (Å²) in [6, 6.07) is 0. The normalized spacial score (nSPS) is 22.6. The minimum Gasteiger partial charge on any atom is -0.500 e. The van der Waals surface area contributed by atoms with E-state index in [0.29, 0.717) is 6.08 Å². The fraction of sp³-hybridized carbons (Fsp3) is 0.500. The van der Waals surface area contributed by atoms with Gasteiger partial charge in [-0.2, -0.15) is 0 Å². The van der Waals surface area contributed by atoms with Gasteiger partial charge in [0.2, 0.25) is 0 Å². The number of aliphatic hydroxyl groups excluding tert-OH is 1. The van der Waals surface area contributed by atoms with Gasteiger partial charge in [0.25, 0.3) is 5.92 Å². The van der Waals surface area contributed by atoms with Crippen molar-refractivity contribution in [3.63, 3.8) is 0 Å². The molecule has 1 aliphatic rings. The second kappa shape index (κ2) is 5.16. The molecule has 0 radical (unpaired) electrons. The van der Waals surface area contributed by atoms with Crippen LogP contribution in [0.3, 0.4) is 0 Å². The molecule has 20 heavy (non-hydrogen) atoms. The predicted molar refractivity (Wildman–Crippen MR) is 57.5 cm³/mol. The van der Waals surface area contributed by atoms with E-state index in [1.807, 2.05) is 0 Å². The number of ether oxygens (including phenoxy) is 1. The highest BCUT2D eigenvalue weighted by Crippen LogP contribution is 2.36. The third kappa shape index (κ3) is 2.05. The summed E-state index contributed by atoms with van der Waals surface area (Å²) in [6.45, 7) is 0. The lowest BCUT2D eigenvalue weighted by atomic mass is 9.92. The first-order chi connectivity index (χ1) is 9.19. The molecule has 2 unspecified atom stereocenters. The SMILES string of the molecule is COC1=CC(O)C(F)=CC1C([N+](=O)[O-])([N+](=O)[O-])[N+](=O)[O-]. The van der Waals surface area contributed by atoms with E-state index in [2.05, 4.69) is 4.74 Å². The van der Waals surface area contributed by atoms with Gasteiger partial charge in [0.05, 0.1) is 7.11 Å². The molecule has 11 nitrogen and oxygen atoms in total. The summed E-state index contributed by atoms with van der Waals surface area (Å²) in [4.78, 5) is 27.4. The molecule has 0 saturated carbocycles. The van der Waals surface area contributed by atoms with Gasteiger partial charge in [-0.05, 0) is 12.2 Å². The van der Waals surface area contributed by atoms with Crippen molar-refractivity contribution in [1.29, 1.82) is 0 Å². The van der Waals surface area contributed by atoms with Crippen molar-refractivity contribution in [2.24, 2.45) is 5.92 Å². The lowest BCUT2D eigenvalue weighted by Gasteiger charge is -2.22. The second-order valence-electron chi connectivity index (χ2n) is 3.71. The average Bonchev–Trinajstić information content (AvgIpc) is 2.32. The van der Waals surface area contributed by atoms with Gasteiger partial charge in [-0.15, -0.1) is 0 Å². The summed E-state index contributed by atoms with van der Waals surface area (Å²) in [7, 11) is 0.924. The summed E-state index contributed by atoms with van der Waals surface area (Å²) in [5, 5.41) is 41.8. The van der Waals surface area contributed by atoms with Gasteiger partial charge >= 0.3 is 5.79 Å². The molecule has 2 atom stereocenters. The second-order valence-corrected chi connectivity index (χ2v) is 3.71. The predicted octanol–water partition coefficient (Wildman–Crippen LogP) is -0.155. The van der Waals surface area contributed by atoms with Crippen molar-refractivity contribution in [3.05, 3.63) is 54.1 Å². The van der Waals surface area contributed by atoms with Crippen molar-refractivity contribution in [2.75, 3.05) is 7.11 Å². The lowest BCUT2D eigenvalue weighted by Crippen LogP contribution is -2.59. The smallest absolute Gasteiger partial charge is 0.500 e. The molecule has 0 bridgehead atoms. The molecule has 1 aliphatic carbocycles. The van der Waals surface area contributed by atoms with Gasteiger partial charge < -0.3 is 9.84 Å². The molecule has 0 amide bonds. The van der Waals surface area contributed by atoms with Crippen LogP contribution in [-0.4, -0.2) is 38.9 Å². The van der Waals surface area contributed by atoms with Crippen molar-refractivity contribution < 1.29 is 29.0 Å². The van der Waals surface area contributed by atoms with E-state index >= 15 is 0 Å². The summed E-state index contributed by atoms with van der Waals surface area (Å²) in [5.74, 6) is -8.22. The summed E-state index contributed by atoms with van der Waals surface area (Å²) < 4.78 is 17.9. The van der Waals surface area contributed by atoms with Gasteiger partial charge in [-0.25, -0.2) is 4.39 Å². The maximum atomic E-state index is 13.3. The number of rotatable bonds is 5. The fourth-order valence-electron chi connectivity index (χ4n) is 1.72. The minimum atomic E-state index is -3.95. The minimum absolute atomic E-state index is 0.234. The molecular formula is C8H8FN3O8. The van der Waals surface area contributed by atoms with Crippen LogP contribution in [0, 0.1) is 36.3 Å². The highest BCUT2D eigenvalue weighted by atomic mass is 19.1. The molecule has 0 heterocycles. The van der Waals surface area contributed by atoms with Crippen molar-refractivity contribution in [3.8, 4) is 0 Å². The largest absolute Gasteiger partial charge is 0.713 e. The van der Waals surface area contributed by atoms with Crippen molar-refractivity contribution in [1.82, 2.24) is 0 Å². The van der Waals surface area contributed by atoms with Crippen LogP contribution in [0.1, 0.15) is 0 Å². The van der Waals surface area contributed by atoms with Gasteiger partial charge in [0.1, 0.15) is 17.7 Å². The Morgan fingerprint density at radius 1 is 1.20 bits per heavy atom. The zero-order valence-electron chi connectivity index (χ0n) is 9.83. The zero-order chi connectivity index (χ0) is 15.7. The van der Waals surface area contributed by atoms with E-state index in [1.54, 1.807) is 0 Å². The van der Waals surface area contributed by atoms with E-state index in [9.17, 15) is 34.7 Å². The molecule has 0 fully saturated rings. The molecule has 1 rings (SSSR count). The number of aliphatic hydroxyl groups is 1. The van der Waals surface area contributed by atoms with Crippen LogP contribution in [0.5, 0.6) is 0 Å². The summed E-state index contributed by atoms with van der Waals surface area (Å²) in [5.41, 5.74) is 0. The first kappa shape index (κ1) is 15.4. The highest BCUT2D eigenvalue weighted by Gasteiger charge is 2.77.